The molecule has 0 amide bonds. The van der Waals surface area contributed by atoms with Crippen LogP contribution in [0.5, 0.6) is 5.75 Å². The van der Waals surface area contributed by atoms with Gasteiger partial charge in [0.2, 0.25) is 0 Å². The molecule has 0 unspecified atom stereocenters. The molecule has 0 radical (unpaired) electrons. The standard InChI is InChI=1S/C17H22N2O2S/c20-15-6-4-14(5-7-15)19(12-17-18-8-9-22-17)11-13-2-1-3-16(21)10-13/h1-3,8-10,14-15,20-21H,4-7,11-12H2. The summed E-state index contributed by atoms with van der Waals surface area (Å²) in [5.41, 5.74) is 1.11. The Hall–Kier alpha value is -1.43. The Labute approximate surface area is 135 Å². The highest BCUT2D eigenvalue weighted by Gasteiger charge is 2.25. The van der Waals surface area contributed by atoms with E-state index < -0.39 is 0 Å². The monoisotopic (exact) mass is 318 g/mol. The van der Waals surface area contributed by atoms with Crippen molar-refractivity contribution in [2.24, 2.45) is 0 Å². The SMILES string of the molecule is Oc1cccc(CN(Cc2nccs2)C2CCC(O)CC2)c1. The number of phenols is 1. The molecule has 0 aliphatic heterocycles. The third-order valence-corrected chi connectivity index (χ3v) is 5.07. The molecule has 1 aliphatic carbocycles. The average Bonchev–Trinajstić information content (AvgIpc) is 3.00. The Morgan fingerprint density at radius 3 is 2.68 bits per heavy atom. The zero-order valence-electron chi connectivity index (χ0n) is 12.6. The molecule has 1 fully saturated rings. The van der Waals surface area contributed by atoms with Crippen LogP contribution in [-0.4, -0.2) is 32.2 Å². The zero-order valence-corrected chi connectivity index (χ0v) is 13.4. The van der Waals surface area contributed by atoms with Gasteiger partial charge in [-0.2, -0.15) is 0 Å². The second kappa shape index (κ2) is 7.22. The van der Waals surface area contributed by atoms with E-state index >= 15 is 0 Å². The molecule has 2 aromatic rings. The van der Waals surface area contributed by atoms with Crippen LogP contribution in [0.1, 0.15) is 36.3 Å². The summed E-state index contributed by atoms with van der Waals surface area (Å²) in [4.78, 5) is 6.83. The Kier molecular flexibility index (Phi) is 5.08. The van der Waals surface area contributed by atoms with E-state index in [4.69, 9.17) is 0 Å². The fourth-order valence-corrected chi connectivity index (χ4v) is 3.77. The summed E-state index contributed by atoms with van der Waals surface area (Å²) in [6.07, 6.45) is 5.49. The predicted octanol–water partition coefficient (Wildman–Crippen LogP) is 3.15. The second-order valence-corrected chi connectivity index (χ2v) is 6.94. The minimum atomic E-state index is -0.140. The quantitative estimate of drug-likeness (QED) is 0.889. The molecule has 1 heterocycles. The van der Waals surface area contributed by atoms with Crippen molar-refractivity contribution in [2.45, 2.75) is 50.9 Å². The summed E-state index contributed by atoms with van der Waals surface area (Å²) < 4.78 is 0. The van der Waals surface area contributed by atoms with Gasteiger partial charge in [0, 0.05) is 24.2 Å². The Bertz CT molecular complexity index is 580. The molecule has 1 aliphatic rings. The van der Waals surface area contributed by atoms with Crippen molar-refractivity contribution in [3.63, 3.8) is 0 Å². The summed E-state index contributed by atoms with van der Waals surface area (Å²) in [7, 11) is 0. The van der Waals surface area contributed by atoms with Gasteiger partial charge in [0.05, 0.1) is 12.6 Å². The van der Waals surface area contributed by atoms with Crippen LogP contribution in [0.3, 0.4) is 0 Å². The molecule has 1 aromatic heterocycles. The lowest BCUT2D eigenvalue weighted by atomic mass is 9.91. The van der Waals surface area contributed by atoms with E-state index in [9.17, 15) is 10.2 Å². The third kappa shape index (κ3) is 4.06. The average molecular weight is 318 g/mol. The maximum Gasteiger partial charge on any atom is 0.115 e. The minimum Gasteiger partial charge on any atom is -0.508 e. The van der Waals surface area contributed by atoms with Crippen LogP contribution < -0.4 is 0 Å². The highest BCUT2D eigenvalue weighted by atomic mass is 32.1. The molecule has 5 heteroatoms. The van der Waals surface area contributed by atoms with E-state index in [2.05, 4.69) is 9.88 Å². The minimum absolute atomic E-state index is 0.140. The van der Waals surface area contributed by atoms with Crippen LogP contribution in [0.2, 0.25) is 0 Å². The number of nitrogens with zero attached hydrogens (tertiary/aromatic N) is 2. The van der Waals surface area contributed by atoms with Crippen molar-refractivity contribution in [2.75, 3.05) is 0 Å². The molecule has 0 bridgehead atoms. The zero-order chi connectivity index (χ0) is 15.4. The van der Waals surface area contributed by atoms with Crippen molar-refractivity contribution in [3.8, 4) is 5.75 Å². The Morgan fingerprint density at radius 1 is 1.18 bits per heavy atom. The first-order valence-electron chi connectivity index (χ1n) is 7.79. The number of aromatic nitrogens is 1. The van der Waals surface area contributed by atoms with Crippen LogP contribution in [-0.2, 0) is 13.1 Å². The third-order valence-electron chi connectivity index (χ3n) is 4.30. The van der Waals surface area contributed by atoms with Crippen molar-refractivity contribution in [1.29, 1.82) is 0 Å². The normalized spacial score (nSPS) is 22.1. The van der Waals surface area contributed by atoms with Crippen LogP contribution in [0, 0.1) is 0 Å². The first-order chi connectivity index (χ1) is 10.7. The summed E-state index contributed by atoms with van der Waals surface area (Å²) in [5.74, 6) is 0.311. The van der Waals surface area contributed by atoms with Crippen molar-refractivity contribution < 1.29 is 10.2 Å². The fraction of sp³-hybridized carbons (Fsp3) is 0.471. The topological polar surface area (TPSA) is 56.6 Å². The smallest absolute Gasteiger partial charge is 0.115 e. The lowest BCUT2D eigenvalue weighted by Crippen LogP contribution is -2.38. The Balaban J connectivity index is 1.73. The van der Waals surface area contributed by atoms with Gasteiger partial charge in [0.15, 0.2) is 0 Å². The number of aliphatic hydroxyl groups excluding tert-OH is 1. The number of rotatable bonds is 5. The van der Waals surface area contributed by atoms with E-state index in [0.717, 1.165) is 49.3 Å². The number of aromatic hydroxyl groups is 1. The second-order valence-electron chi connectivity index (χ2n) is 5.96. The predicted molar refractivity (Wildman–Crippen MR) is 87.7 cm³/mol. The van der Waals surface area contributed by atoms with Gasteiger partial charge in [0.1, 0.15) is 10.8 Å². The molecule has 118 valence electrons. The van der Waals surface area contributed by atoms with Crippen molar-refractivity contribution in [1.82, 2.24) is 9.88 Å². The van der Waals surface area contributed by atoms with Gasteiger partial charge in [-0.05, 0) is 43.4 Å². The van der Waals surface area contributed by atoms with Crippen LogP contribution in [0.25, 0.3) is 0 Å². The molecule has 4 nitrogen and oxygen atoms in total. The first-order valence-corrected chi connectivity index (χ1v) is 8.67. The fourth-order valence-electron chi connectivity index (χ4n) is 3.13. The van der Waals surface area contributed by atoms with Gasteiger partial charge >= 0.3 is 0 Å². The summed E-state index contributed by atoms with van der Waals surface area (Å²) in [5, 5.41) is 22.5. The first kappa shape index (κ1) is 15.5. The van der Waals surface area contributed by atoms with Crippen LogP contribution in [0.4, 0.5) is 0 Å². The number of hydrogen-bond donors (Lipinski definition) is 2. The molecular weight excluding hydrogens is 296 g/mol. The van der Waals surface area contributed by atoms with E-state index in [1.165, 1.54) is 0 Å². The highest BCUT2D eigenvalue weighted by Crippen LogP contribution is 2.27. The van der Waals surface area contributed by atoms with E-state index in [1.54, 1.807) is 17.4 Å². The van der Waals surface area contributed by atoms with Gasteiger partial charge < -0.3 is 10.2 Å². The molecular formula is C17H22N2O2S. The molecule has 0 spiro atoms. The van der Waals surface area contributed by atoms with Crippen molar-refractivity contribution in [3.05, 3.63) is 46.4 Å². The maximum absolute atomic E-state index is 9.73. The molecule has 0 saturated heterocycles. The summed E-state index contributed by atoms with van der Waals surface area (Å²) in [6.45, 7) is 1.63. The number of benzene rings is 1. The summed E-state index contributed by atoms with van der Waals surface area (Å²) in [6, 6.07) is 7.93. The number of phenolic OH excluding ortho intramolecular Hbond substituents is 1. The lowest BCUT2D eigenvalue weighted by molar-refractivity contribution is 0.0665. The van der Waals surface area contributed by atoms with Crippen molar-refractivity contribution >= 4 is 11.3 Å². The van der Waals surface area contributed by atoms with Gasteiger partial charge in [-0.3, -0.25) is 4.90 Å². The number of thiazole rings is 1. The largest absolute Gasteiger partial charge is 0.508 e. The molecule has 2 N–H and O–H groups in total. The van der Waals surface area contributed by atoms with Gasteiger partial charge in [-0.25, -0.2) is 4.98 Å². The maximum atomic E-state index is 9.73. The summed E-state index contributed by atoms with van der Waals surface area (Å²) >= 11 is 1.68. The van der Waals surface area contributed by atoms with Crippen LogP contribution in [0.15, 0.2) is 35.8 Å². The highest BCUT2D eigenvalue weighted by molar-refractivity contribution is 7.09. The Morgan fingerprint density at radius 2 is 2.00 bits per heavy atom. The van der Waals surface area contributed by atoms with Crippen LogP contribution >= 0.6 is 11.3 Å². The molecule has 3 rings (SSSR count). The molecule has 1 saturated carbocycles. The van der Waals surface area contributed by atoms with E-state index in [1.807, 2.05) is 29.8 Å². The molecule has 0 atom stereocenters. The van der Waals surface area contributed by atoms with Gasteiger partial charge in [-0.15, -0.1) is 11.3 Å². The van der Waals surface area contributed by atoms with E-state index in [0.29, 0.717) is 11.8 Å². The molecule has 1 aromatic carbocycles. The lowest BCUT2D eigenvalue weighted by Gasteiger charge is -2.35. The van der Waals surface area contributed by atoms with Gasteiger partial charge in [-0.1, -0.05) is 12.1 Å². The van der Waals surface area contributed by atoms with E-state index in [-0.39, 0.29) is 6.10 Å². The number of aliphatic hydroxyl groups is 1. The molecule has 22 heavy (non-hydrogen) atoms. The van der Waals surface area contributed by atoms with Gasteiger partial charge in [0.25, 0.3) is 0 Å². The number of hydrogen-bond acceptors (Lipinski definition) is 5.